The first-order valence-corrected chi connectivity index (χ1v) is 11.9. The highest BCUT2D eigenvalue weighted by atomic mass is 79.9. The maximum absolute atomic E-state index is 13.0. The summed E-state index contributed by atoms with van der Waals surface area (Å²) >= 11 is 3.63. The number of nitrogens with zero attached hydrogens (tertiary/aromatic N) is 3. The number of halogens is 1. The molecule has 1 aliphatic rings. The number of ether oxygens (including phenoxy) is 1. The summed E-state index contributed by atoms with van der Waals surface area (Å²) in [6, 6.07) is 26.3. The molecule has 0 aliphatic carbocycles. The van der Waals surface area contributed by atoms with Crippen LogP contribution in [0, 0.1) is 6.92 Å². The number of hydrogen-bond donors (Lipinski definition) is 0. The van der Waals surface area contributed by atoms with Crippen LogP contribution in [0.5, 0.6) is 0 Å². The molecule has 0 radical (unpaired) electrons. The van der Waals surface area contributed by atoms with Crippen LogP contribution in [0.15, 0.2) is 88.4 Å². The normalized spacial score (nSPS) is 15.6. The number of methoxy groups -OCH3 is 1. The lowest BCUT2D eigenvalue weighted by Gasteiger charge is -2.21. The molecule has 0 saturated heterocycles. The summed E-state index contributed by atoms with van der Waals surface area (Å²) < 4.78 is 6.14. The Kier molecular flexibility index (Phi) is 6.26. The molecule has 0 unspecified atom stereocenters. The fourth-order valence-electron chi connectivity index (χ4n) is 4.63. The van der Waals surface area contributed by atoms with Crippen LogP contribution in [0.25, 0.3) is 22.0 Å². The summed E-state index contributed by atoms with van der Waals surface area (Å²) in [5.74, 6) is -0.165. The van der Waals surface area contributed by atoms with Crippen molar-refractivity contribution in [3.8, 4) is 11.1 Å². The smallest absolute Gasteiger partial charge is 0.269 e. The largest absolute Gasteiger partial charge is 0.375 e. The van der Waals surface area contributed by atoms with Gasteiger partial charge >= 0.3 is 0 Å². The number of aromatic nitrogens is 1. The second kappa shape index (κ2) is 9.49. The van der Waals surface area contributed by atoms with Gasteiger partial charge in [0.2, 0.25) is 0 Å². The first-order valence-electron chi connectivity index (χ1n) is 11.2. The second-order valence-electron chi connectivity index (χ2n) is 8.32. The fourth-order valence-corrected chi connectivity index (χ4v) is 4.99. The third-order valence-corrected chi connectivity index (χ3v) is 6.59. The van der Waals surface area contributed by atoms with Crippen LogP contribution in [0.1, 0.15) is 29.3 Å². The van der Waals surface area contributed by atoms with Crippen LogP contribution in [0.4, 0.5) is 0 Å². The maximum atomic E-state index is 13.0. The number of rotatable bonds is 5. The number of amides is 1. The molecule has 2 heterocycles. The molecule has 3 aromatic carbocycles. The number of hydrazone groups is 1. The predicted molar refractivity (Wildman–Crippen MR) is 139 cm³/mol. The molecule has 1 atom stereocenters. The monoisotopic (exact) mass is 513 g/mol. The highest BCUT2D eigenvalue weighted by molar-refractivity contribution is 9.10. The fraction of sp³-hybridized carbons (Fsp3) is 0.179. The van der Waals surface area contributed by atoms with E-state index >= 15 is 0 Å². The van der Waals surface area contributed by atoms with Crippen molar-refractivity contribution in [3.63, 3.8) is 0 Å². The van der Waals surface area contributed by atoms with E-state index in [1.165, 1.54) is 7.11 Å². The number of aryl methyl sites for hydroxylation is 1. The van der Waals surface area contributed by atoms with Crippen molar-refractivity contribution < 1.29 is 9.53 Å². The van der Waals surface area contributed by atoms with E-state index in [1.54, 1.807) is 5.01 Å². The minimum absolute atomic E-state index is 0.0203. The number of carbonyl (C=O) groups is 1. The van der Waals surface area contributed by atoms with Gasteiger partial charge in [-0.15, -0.1) is 0 Å². The molecular formula is C28H24BrN3O2. The Morgan fingerprint density at radius 1 is 1.03 bits per heavy atom. The van der Waals surface area contributed by atoms with Gasteiger partial charge in [0.05, 0.1) is 17.3 Å². The number of fused-ring (bicyclic) bond motifs is 1. The van der Waals surface area contributed by atoms with E-state index in [0.29, 0.717) is 6.42 Å². The number of hydrogen-bond acceptors (Lipinski definition) is 4. The Morgan fingerprint density at radius 3 is 2.44 bits per heavy atom. The number of pyridine rings is 1. The standard InChI is InChI=1S/C28H24BrN3O2/c1-18-27(24-16-25(19-9-5-3-6-10-19)32(31-24)26(33)17-34-2)28(20-11-7-4-8-12-20)22-15-21(29)13-14-23(22)30-18/h3-15,25H,16-17H2,1-2H3/t25-/m0/s1. The van der Waals surface area contributed by atoms with E-state index in [4.69, 9.17) is 14.8 Å². The highest BCUT2D eigenvalue weighted by Gasteiger charge is 2.35. The van der Waals surface area contributed by atoms with Crippen LogP contribution in [-0.2, 0) is 9.53 Å². The Bertz CT molecular complexity index is 1390. The van der Waals surface area contributed by atoms with Crippen LogP contribution in [0.3, 0.4) is 0 Å². The van der Waals surface area contributed by atoms with Gasteiger partial charge in [0.25, 0.3) is 5.91 Å². The highest BCUT2D eigenvalue weighted by Crippen LogP contribution is 2.39. The third-order valence-electron chi connectivity index (χ3n) is 6.10. The van der Waals surface area contributed by atoms with Crippen molar-refractivity contribution in [1.82, 2.24) is 9.99 Å². The van der Waals surface area contributed by atoms with E-state index in [0.717, 1.165) is 49.0 Å². The van der Waals surface area contributed by atoms with Crippen molar-refractivity contribution in [2.45, 2.75) is 19.4 Å². The molecule has 0 N–H and O–H groups in total. The zero-order valence-corrected chi connectivity index (χ0v) is 20.6. The van der Waals surface area contributed by atoms with Gasteiger partial charge in [-0.25, -0.2) is 5.01 Å². The molecule has 170 valence electrons. The Hall–Kier alpha value is -3.35. The summed E-state index contributed by atoms with van der Waals surface area (Å²) in [5, 5.41) is 7.50. The topological polar surface area (TPSA) is 54.8 Å². The van der Waals surface area contributed by atoms with Gasteiger partial charge in [-0.2, -0.15) is 5.10 Å². The van der Waals surface area contributed by atoms with Crippen molar-refractivity contribution >= 4 is 38.5 Å². The quantitative estimate of drug-likeness (QED) is 0.314. The summed E-state index contributed by atoms with van der Waals surface area (Å²) in [5.41, 5.74) is 6.85. The van der Waals surface area contributed by atoms with Gasteiger partial charge in [-0.1, -0.05) is 76.6 Å². The molecule has 0 fully saturated rings. The molecule has 4 aromatic rings. The third kappa shape index (κ3) is 4.15. The lowest BCUT2D eigenvalue weighted by molar-refractivity contribution is -0.137. The van der Waals surface area contributed by atoms with Gasteiger partial charge in [0.15, 0.2) is 0 Å². The predicted octanol–water partition coefficient (Wildman–Crippen LogP) is 6.30. The first-order chi connectivity index (χ1) is 16.6. The zero-order valence-electron chi connectivity index (χ0n) is 19.0. The van der Waals surface area contributed by atoms with Crippen molar-refractivity contribution in [2.24, 2.45) is 5.10 Å². The van der Waals surface area contributed by atoms with Gasteiger partial charge < -0.3 is 4.74 Å². The molecular weight excluding hydrogens is 490 g/mol. The molecule has 1 amide bonds. The van der Waals surface area contributed by atoms with Crippen molar-refractivity contribution in [2.75, 3.05) is 13.7 Å². The molecule has 0 bridgehead atoms. The first kappa shape index (κ1) is 22.4. The molecule has 0 saturated carbocycles. The van der Waals surface area contributed by atoms with E-state index < -0.39 is 0 Å². The second-order valence-corrected chi connectivity index (χ2v) is 9.24. The van der Waals surface area contributed by atoms with Crippen molar-refractivity contribution in [1.29, 1.82) is 0 Å². The summed E-state index contributed by atoms with van der Waals surface area (Å²) in [6.45, 7) is 2.00. The Morgan fingerprint density at radius 2 is 1.74 bits per heavy atom. The van der Waals surface area contributed by atoms with E-state index in [1.807, 2.05) is 67.6 Å². The van der Waals surface area contributed by atoms with Gasteiger partial charge in [-0.05, 0) is 36.2 Å². The van der Waals surface area contributed by atoms with Crippen LogP contribution in [-0.4, -0.2) is 35.3 Å². The zero-order chi connectivity index (χ0) is 23.7. The number of carbonyl (C=O) groups excluding carboxylic acids is 1. The molecule has 34 heavy (non-hydrogen) atoms. The lowest BCUT2D eigenvalue weighted by atomic mass is 9.89. The molecule has 5 rings (SSSR count). The van der Waals surface area contributed by atoms with E-state index in [9.17, 15) is 4.79 Å². The van der Waals surface area contributed by atoms with Gasteiger partial charge in [0.1, 0.15) is 6.61 Å². The van der Waals surface area contributed by atoms with E-state index in [-0.39, 0.29) is 18.6 Å². The summed E-state index contributed by atoms with van der Waals surface area (Å²) in [6.07, 6.45) is 0.599. The Labute approximate surface area is 207 Å². The molecule has 0 spiro atoms. The van der Waals surface area contributed by atoms with E-state index in [2.05, 4.69) is 34.1 Å². The molecule has 6 heteroatoms. The summed E-state index contributed by atoms with van der Waals surface area (Å²) in [7, 11) is 1.53. The molecule has 1 aromatic heterocycles. The minimum atomic E-state index is -0.194. The molecule has 1 aliphatic heterocycles. The van der Waals surface area contributed by atoms with Gasteiger partial charge in [0, 0.05) is 40.2 Å². The van der Waals surface area contributed by atoms with Crippen LogP contribution in [0.2, 0.25) is 0 Å². The average Bonchev–Trinajstić information content (AvgIpc) is 3.30. The average molecular weight is 514 g/mol. The maximum Gasteiger partial charge on any atom is 0.269 e. The number of benzene rings is 3. The lowest BCUT2D eigenvalue weighted by Crippen LogP contribution is -2.30. The molecule has 5 nitrogen and oxygen atoms in total. The van der Waals surface area contributed by atoms with Gasteiger partial charge in [-0.3, -0.25) is 9.78 Å². The minimum Gasteiger partial charge on any atom is -0.375 e. The van der Waals surface area contributed by atoms with Crippen molar-refractivity contribution in [3.05, 3.63) is 100 Å². The van der Waals surface area contributed by atoms with Crippen LogP contribution < -0.4 is 0 Å². The Balaban J connectivity index is 1.73. The SMILES string of the molecule is COCC(=O)N1N=C(c2c(C)nc3ccc(Br)cc3c2-c2ccccc2)C[C@H]1c1ccccc1. The van der Waals surface area contributed by atoms with Crippen LogP contribution >= 0.6 is 15.9 Å². The summed E-state index contributed by atoms with van der Waals surface area (Å²) in [4.78, 5) is 17.9.